The van der Waals surface area contributed by atoms with Gasteiger partial charge in [0.1, 0.15) is 6.61 Å². The lowest BCUT2D eigenvalue weighted by molar-refractivity contribution is -0.151. The van der Waals surface area contributed by atoms with Crippen molar-refractivity contribution in [3.63, 3.8) is 0 Å². The van der Waals surface area contributed by atoms with Crippen LogP contribution in [0.1, 0.15) is 40.0 Å². The SMILES string of the molecule is CCOC(=O)COC1CCC(C)C(C)C1. The van der Waals surface area contributed by atoms with Crippen molar-refractivity contribution in [1.29, 1.82) is 0 Å². The minimum atomic E-state index is -0.247. The van der Waals surface area contributed by atoms with Crippen LogP contribution in [0.15, 0.2) is 0 Å². The summed E-state index contributed by atoms with van der Waals surface area (Å²) in [5.41, 5.74) is 0. The zero-order chi connectivity index (χ0) is 11.3. The molecular weight excluding hydrogens is 192 g/mol. The predicted molar refractivity (Wildman–Crippen MR) is 58.6 cm³/mol. The van der Waals surface area contributed by atoms with Gasteiger partial charge in [-0.3, -0.25) is 0 Å². The summed E-state index contributed by atoms with van der Waals surface area (Å²) in [4.78, 5) is 11.1. The van der Waals surface area contributed by atoms with Gasteiger partial charge in [-0.1, -0.05) is 13.8 Å². The van der Waals surface area contributed by atoms with E-state index in [1.807, 2.05) is 6.92 Å². The minimum absolute atomic E-state index is 0.111. The molecule has 15 heavy (non-hydrogen) atoms. The molecule has 0 amide bonds. The molecule has 1 rings (SSSR count). The van der Waals surface area contributed by atoms with Crippen molar-refractivity contribution >= 4 is 5.97 Å². The van der Waals surface area contributed by atoms with Crippen molar-refractivity contribution in [2.24, 2.45) is 11.8 Å². The molecule has 88 valence electrons. The van der Waals surface area contributed by atoms with Gasteiger partial charge >= 0.3 is 5.97 Å². The smallest absolute Gasteiger partial charge is 0.332 e. The predicted octanol–water partition coefficient (Wildman–Crippen LogP) is 2.39. The highest BCUT2D eigenvalue weighted by molar-refractivity contribution is 5.70. The van der Waals surface area contributed by atoms with Gasteiger partial charge in [-0.2, -0.15) is 0 Å². The van der Waals surface area contributed by atoms with Crippen LogP contribution < -0.4 is 0 Å². The Balaban J connectivity index is 2.19. The summed E-state index contributed by atoms with van der Waals surface area (Å²) in [7, 11) is 0. The summed E-state index contributed by atoms with van der Waals surface area (Å²) in [6.07, 6.45) is 3.60. The molecule has 0 saturated heterocycles. The lowest BCUT2D eigenvalue weighted by Crippen LogP contribution is -2.28. The fraction of sp³-hybridized carbons (Fsp3) is 0.917. The topological polar surface area (TPSA) is 35.5 Å². The second kappa shape index (κ2) is 6.11. The van der Waals surface area contributed by atoms with E-state index < -0.39 is 0 Å². The summed E-state index contributed by atoms with van der Waals surface area (Å²) in [5.74, 6) is 1.24. The first kappa shape index (κ1) is 12.5. The number of carbonyl (C=O) groups excluding carboxylic acids is 1. The van der Waals surface area contributed by atoms with Crippen LogP contribution in [0.3, 0.4) is 0 Å². The maximum absolute atomic E-state index is 11.1. The van der Waals surface area contributed by atoms with E-state index in [4.69, 9.17) is 9.47 Å². The molecule has 0 spiro atoms. The van der Waals surface area contributed by atoms with E-state index >= 15 is 0 Å². The average Bonchev–Trinajstić information content (AvgIpc) is 2.20. The van der Waals surface area contributed by atoms with E-state index in [2.05, 4.69) is 13.8 Å². The molecule has 0 aromatic heterocycles. The Morgan fingerprint density at radius 3 is 2.60 bits per heavy atom. The molecule has 1 aliphatic carbocycles. The van der Waals surface area contributed by atoms with Gasteiger partial charge in [-0.05, 0) is 38.0 Å². The number of hydrogen-bond donors (Lipinski definition) is 0. The molecule has 3 heteroatoms. The Morgan fingerprint density at radius 2 is 2.00 bits per heavy atom. The fourth-order valence-electron chi connectivity index (χ4n) is 2.04. The number of hydrogen-bond acceptors (Lipinski definition) is 3. The van der Waals surface area contributed by atoms with Gasteiger partial charge in [-0.25, -0.2) is 4.79 Å². The average molecular weight is 214 g/mol. The zero-order valence-electron chi connectivity index (χ0n) is 9.99. The van der Waals surface area contributed by atoms with Crippen molar-refractivity contribution in [2.75, 3.05) is 13.2 Å². The standard InChI is InChI=1S/C12H22O3/c1-4-14-12(13)8-15-11-6-5-9(2)10(3)7-11/h9-11H,4-8H2,1-3H3. The van der Waals surface area contributed by atoms with Crippen LogP contribution in [0.4, 0.5) is 0 Å². The maximum Gasteiger partial charge on any atom is 0.332 e. The van der Waals surface area contributed by atoms with Crippen LogP contribution in [-0.2, 0) is 14.3 Å². The molecule has 0 heterocycles. The largest absolute Gasteiger partial charge is 0.464 e. The second-order valence-corrected chi connectivity index (χ2v) is 4.51. The molecule has 1 aliphatic rings. The molecule has 1 fully saturated rings. The normalized spacial score (nSPS) is 31.3. The van der Waals surface area contributed by atoms with E-state index in [0.717, 1.165) is 18.8 Å². The molecule has 0 aromatic rings. The Bertz CT molecular complexity index is 203. The zero-order valence-corrected chi connectivity index (χ0v) is 9.99. The number of rotatable bonds is 4. The Kier molecular flexibility index (Phi) is 5.09. The molecule has 1 saturated carbocycles. The first-order chi connectivity index (χ1) is 7.13. The lowest BCUT2D eigenvalue weighted by atomic mass is 9.80. The highest BCUT2D eigenvalue weighted by atomic mass is 16.6. The quantitative estimate of drug-likeness (QED) is 0.674. The summed E-state index contributed by atoms with van der Waals surface area (Å²) in [6.45, 7) is 6.89. The Labute approximate surface area is 92.1 Å². The van der Waals surface area contributed by atoms with Gasteiger partial charge in [0.2, 0.25) is 0 Å². The second-order valence-electron chi connectivity index (χ2n) is 4.51. The first-order valence-electron chi connectivity index (χ1n) is 5.90. The van der Waals surface area contributed by atoms with Crippen molar-refractivity contribution in [3.8, 4) is 0 Å². The molecule has 0 aromatic carbocycles. The first-order valence-corrected chi connectivity index (χ1v) is 5.90. The van der Waals surface area contributed by atoms with E-state index in [-0.39, 0.29) is 18.7 Å². The molecule has 0 N–H and O–H groups in total. The van der Waals surface area contributed by atoms with E-state index in [1.165, 1.54) is 6.42 Å². The van der Waals surface area contributed by atoms with Crippen molar-refractivity contribution in [3.05, 3.63) is 0 Å². The van der Waals surface area contributed by atoms with Crippen LogP contribution in [0.2, 0.25) is 0 Å². The van der Waals surface area contributed by atoms with Crippen LogP contribution in [0.25, 0.3) is 0 Å². The van der Waals surface area contributed by atoms with Crippen LogP contribution in [-0.4, -0.2) is 25.3 Å². The number of ether oxygens (including phenoxy) is 2. The minimum Gasteiger partial charge on any atom is -0.464 e. The third-order valence-electron chi connectivity index (χ3n) is 3.29. The van der Waals surface area contributed by atoms with Gasteiger partial charge in [0, 0.05) is 0 Å². The molecule has 3 atom stereocenters. The highest BCUT2D eigenvalue weighted by Crippen LogP contribution is 2.30. The molecule has 0 bridgehead atoms. The van der Waals surface area contributed by atoms with Gasteiger partial charge in [-0.15, -0.1) is 0 Å². The van der Waals surface area contributed by atoms with E-state index in [1.54, 1.807) is 0 Å². The highest BCUT2D eigenvalue weighted by Gasteiger charge is 2.25. The van der Waals surface area contributed by atoms with Crippen LogP contribution in [0.5, 0.6) is 0 Å². The maximum atomic E-state index is 11.1. The summed E-state index contributed by atoms with van der Waals surface area (Å²) in [5, 5.41) is 0. The monoisotopic (exact) mass is 214 g/mol. The Hall–Kier alpha value is -0.570. The van der Waals surface area contributed by atoms with E-state index in [9.17, 15) is 4.79 Å². The summed E-state index contributed by atoms with van der Waals surface area (Å²) < 4.78 is 10.4. The third kappa shape index (κ3) is 4.20. The van der Waals surface area contributed by atoms with Crippen LogP contribution in [0, 0.1) is 11.8 Å². The molecule has 3 nitrogen and oxygen atoms in total. The van der Waals surface area contributed by atoms with Gasteiger partial charge in [0.05, 0.1) is 12.7 Å². The summed E-state index contributed by atoms with van der Waals surface area (Å²) >= 11 is 0. The van der Waals surface area contributed by atoms with E-state index in [0.29, 0.717) is 12.5 Å². The van der Waals surface area contributed by atoms with Crippen LogP contribution >= 0.6 is 0 Å². The third-order valence-corrected chi connectivity index (χ3v) is 3.29. The number of carbonyl (C=O) groups is 1. The molecular formula is C12H22O3. The number of esters is 1. The van der Waals surface area contributed by atoms with Gasteiger partial charge in [0.15, 0.2) is 0 Å². The van der Waals surface area contributed by atoms with Crippen molar-refractivity contribution in [2.45, 2.75) is 46.1 Å². The van der Waals surface area contributed by atoms with Gasteiger partial charge < -0.3 is 9.47 Å². The molecule has 3 unspecified atom stereocenters. The lowest BCUT2D eigenvalue weighted by Gasteiger charge is -2.31. The molecule has 0 radical (unpaired) electrons. The van der Waals surface area contributed by atoms with Crippen molar-refractivity contribution < 1.29 is 14.3 Å². The fourth-order valence-corrected chi connectivity index (χ4v) is 2.04. The van der Waals surface area contributed by atoms with Gasteiger partial charge in [0.25, 0.3) is 0 Å². The molecule has 0 aliphatic heterocycles. The summed E-state index contributed by atoms with van der Waals surface area (Å²) in [6, 6.07) is 0. The van der Waals surface area contributed by atoms with Crippen molar-refractivity contribution in [1.82, 2.24) is 0 Å². The Morgan fingerprint density at radius 1 is 1.27 bits per heavy atom.